The van der Waals surface area contributed by atoms with Gasteiger partial charge < -0.3 is 10.2 Å². The van der Waals surface area contributed by atoms with Crippen molar-refractivity contribution in [1.82, 2.24) is 9.97 Å². The highest BCUT2D eigenvalue weighted by molar-refractivity contribution is 6.33. The van der Waals surface area contributed by atoms with E-state index < -0.39 is 0 Å². The number of aromatic nitrogens is 2. The monoisotopic (exact) mass is 350 g/mol. The maximum Gasteiger partial charge on any atom is 0.229 e. The number of nitrogens with one attached hydrogen (secondary N) is 1. The Morgan fingerprint density at radius 3 is 2.72 bits per heavy atom. The number of benzene rings is 2. The molecule has 0 unspecified atom stereocenters. The van der Waals surface area contributed by atoms with Gasteiger partial charge in [-0.1, -0.05) is 41.9 Å². The minimum Gasteiger partial charge on any atom is -0.326 e. The zero-order valence-corrected chi connectivity index (χ0v) is 14.8. The second-order valence-electron chi connectivity index (χ2n) is 6.18. The highest BCUT2D eigenvalue weighted by Crippen LogP contribution is 2.33. The fourth-order valence-electron chi connectivity index (χ4n) is 3.20. The summed E-state index contributed by atoms with van der Waals surface area (Å²) >= 11 is 6.24. The summed E-state index contributed by atoms with van der Waals surface area (Å²) in [6.07, 6.45) is 2.23. The normalized spacial score (nSPS) is 13.4. The zero-order valence-electron chi connectivity index (χ0n) is 14.0. The molecule has 3 aromatic rings. The van der Waals surface area contributed by atoms with Gasteiger partial charge in [-0.05, 0) is 43.5 Å². The summed E-state index contributed by atoms with van der Waals surface area (Å²) in [5.74, 6) is 1.47. The second-order valence-corrected chi connectivity index (χ2v) is 6.59. The summed E-state index contributed by atoms with van der Waals surface area (Å²) in [5, 5.41) is 3.89. The lowest BCUT2D eigenvalue weighted by Crippen LogP contribution is -2.25. The number of anilines is 4. The first-order valence-corrected chi connectivity index (χ1v) is 8.81. The molecule has 0 aliphatic carbocycles. The van der Waals surface area contributed by atoms with Gasteiger partial charge in [0.05, 0.1) is 10.7 Å². The molecule has 0 saturated heterocycles. The molecular weight excluding hydrogens is 332 g/mol. The summed E-state index contributed by atoms with van der Waals surface area (Å²) in [5.41, 5.74) is 4.32. The Bertz CT molecular complexity index is 910. The van der Waals surface area contributed by atoms with Crippen LogP contribution in [0.4, 0.5) is 23.1 Å². The van der Waals surface area contributed by atoms with Crippen LogP contribution in [0.3, 0.4) is 0 Å². The first-order valence-electron chi connectivity index (χ1n) is 8.43. The van der Waals surface area contributed by atoms with Crippen LogP contribution in [0.25, 0.3) is 0 Å². The molecule has 2 heterocycles. The van der Waals surface area contributed by atoms with E-state index in [0.717, 1.165) is 36.6 Å². The minimum absolute atomic E-state index is 0.561. The summed E-state index contributed by atoms with van der Waals surface area (Å²) in [7, 11) is 0. The van der Waals surface area contributed by atoms with Crippen molar-refractivity contribution >= 4 is 34.7 Å². The molecule has 0 fully saturated rings. The fraction of sp³-hybridized carbons (Fsp3) is 0.200. The van der Waals surface area contributed by atoms with Gasteiger partial charge in [-0.25, -0.2) is 4.98 Å². The van der Waals surface area contributed by atoms with Crippen molar-refractivity contribution in [2.75, 3.05) is 16.8 Å². The smallest absolute Gasteiger partial charge is 0.229 e. The molecule has 126 valence electrons. The molecule has 0 atom stereocenters. The van der Waals surface area contributed by atoms with Crippen molar-refractivity contribution in [3.8, 4) is 0 Å². The van der Waals surface area contributed by atoms with E-state index >= 15 is 0 Å². The number of hydrogen-bond acceptors (Lipinski definition) is 4. The highest BCUT2D eigenvalue weighted by atomic mass is 35.5. The maximum atomic E-state index is 6.24. The molecule has 2 aromatic carbocycles. The number of para-hydroxylation sites is 2. The summed E-state index contributed by atoms with van der Waals surface area (Å²) in [6.45, 7) is 2.94. The number of nitrogens with zero attached hydrogens (tertiary/aromatic N) is 3. The van der Waals surface area contributed by atoms with Crippen LogP contribution in [-0.2, 0) is 6.42 Å². The molecule has 1 aliphatic heterocycles. The van der Waals surface area contributed by atoms with Gasteiger partial charge in [0.1, 0.15) is 5.82 Å². The lowest BCUT2D eigenvalue weighted by atomic mass is 10.0. The van der Waals surface area contributed by atoms with Crippen LogP contribution in [0.2, 0.25) is 5.02 Å². The number of aryl methyl sites for hydroxylation is 2. The van der Waals surface area contributed by atoms with E-state index in [4.69, 9.17) is 16.6 Å². The molecule has 0 saturated carbocycles. The quantitative estimate of drug-likeness (QED) is 0.699. The van der Waals surface area contributed by atoms with Gasteiger partial charge in [-0.3, -0.25) is 0 Å². The van der Waals surface area contributed by atoms with E-state index in [1.165, 1.54) is 11.3 Å². The first-order chi connectivity index (χ1) is 12.2. The number of fused-ring (bicyclic) bond motifs is 1. The van der Waals surface area contributed by atoms with Gasteiger partial charge in [0.2, 0.25) is 5.95 Å². The molecule has 4 nitrogen and oxygen atoms in total. The molecular formula is C20H19ClN4. The Labute approximate surface area is 152 Å². The van der Waals surface area contributed by atoms with E-state index in [0.29, 0.717) is 11.0 Å². The maximum absolute atomic E-state index is 6.24. The first kappa shape index (κ1) is 15.9. The van der Waals surface area contributed by atoms with Gasteiger partial charge in [-0.2, -0.15) is 4.98 Å². The van der Waals surface area contributed by atoms with E-state index in [1.54, 1.807) is 0 Å². The van der Waals surface area contributed by atoms with Crippen LogP contribution in [0.15, 0.2) is 54.6 Å². The van der Waals surface area contributed by atoms with E-state index in [1.807, 2.05) is 37.3 Å². The number of halogens is 1. The van der Waals surface area contributed by atoms with Crippen molar-refractivity contribution in [2.24, 2.45) is 0 Å². The van der Waals surface area contributed by atoms with Gasteiger partial charge in [0.15, 0.2) is 0 Å². The molecule has 1 aliphatic rings. The largest absolute Gasteiger partial charge is 0.326 e. The summed E-state index contributed by atoms with van der Waals surface area (Å²) in [6, 6.07) is 18.2. The molecule has 0 spiro atoms. The average Bonchev–Trinajstić information content (AvgIpc) is 2.63. The summed E-state index contributed by atoms with van der Waals surface area (Å²) in [4.78, 5) is 11.5. The fourth-order valence-corrected chi connectivity index (χ4v) is 3.38. The van der Waals surface area contributed by atoms with E-state index in [9.17, 15) is 0 Å². The molecule has 0 radical (unpaired) electrons. The molecule has 25 heavy (non-hydrogen) atoms. The van der Waals surface area contributed by atoms with Gasteiger partial charge in [-0.15, -0.1) is 0 Å². The van der Waals surface area contributed by atoms with Gasteiger partial charge in [0.25, 0.3) is 0 Å². The lowest BCUT2D eigenvalue weighted by Gasteiger charge is -2.30. The standard InChI is InChI=1S/C20H19ClN4/c1-14-13-19(25-12-6-8-15-7-2-5-11-18(15)25)24-20(22-14)23-17-10-4-3-9-16(17)21/h2-5,7,9-11,13H,6,8,12H2,1H3,(H,22,23,24). The second kappa shape index (κ2) is 6.73. The Morgan fingerprint density at radius 1 is 1.04 bits per heavy atom. The van der Waals surface area contributed by atoms with Crippen LogP contribution in [0.1, 0.15) is 17.7 Å². The van der Waals surface area contributed by atoms with Gasteiger partial charge >= 0.3 is 0 Å². The zero-order chi connectivity index (χ0) is 17.2. The summed E-state index contributed by atoms with van der Waals surface area (Å²) < 4.78 is 0. The third kappa shape index (κ3) is 3.30. The van der Waals surface area contributed by atoms with Crippen LogP contribution in [-0.4, -0.2) is 16.5 Å². The SMILES string of the molecule is Cc1cc(N2CCCc3ccccc32)nc(Nc2ccccc2Cl)n1. The Kier molecular flexibility index (Phi) is 4.28. The Balaban J connectivity index is 1.70. The lowest BCUT2D eigenvalue weighted by molar-refractivity contribution is 0.758. The predicted octanol–water partition coefficient (Wildman–Crippen LogP) is 5.27. The Hall–Kier alpha value is -2.59. The van der Waals surface area contributed by atoms with Crippen molar-refractivity contribution in [3.63, 3.8) is 0 Å². The van der Waals surface area contributed by atoms with Crippen molar-refractivity contribution in [3.05, 3.63) is 70.9 Å². The van der Waals surface area contributed by atoms with Crippen LogP contribution in [0.5, 0.6) is 0 Å². The van der Waals surface area contributed by atoms with Crippen molar-refractivity contribution in [1.29, 1.82) is 0 Å². The molecule has 1 N–H and O–H groups in total. The van der Waals surface area contributed by atoms with E-state index in [-0.39, 0.29) is 0 Å². The highest BCUT2D eigenvalue weighted by Gasteiger charge is 2.19. The van der Waals surface area contributed by atoms with E-state index in [2.05, 4.69) is 39.5 Å². The van der Waals surface area contributed by atoms with Crippen LogP contribution >= 0.6 is 11.6 Å². The molecule has 5 heteroatoms. The Morgan fingerprint density at radius 2 is 1.84 bits per heavy atom. The molecule has 4 rings (SSSR count). The minimum atomic E-state index is 0.561. The topological polar surface area (TPSA) is 41.1 Å². The molecule has 0 amide bonds. The number of hydrogen-bond donors (Lipinski definition) is 1. The third-order valence-electron chi connectivity index (χ3n) is 4.35. The van der Waals surface area contributed by atoms with Crippen molar-refractivity contribution in [2.45, 2.75) is 19.8 Å². The average molecular weight is 351 g/mol. The third-order valence-corrected chi connectivity index (χ3v) is 4.68. The van der Waals surface area contributed by atoms with Crippen LogP contribution in [0, 0.1) is 6.92 Å². The molecule has 0 bridgehead atoms. The number of rotatable bonds is 3. The predicted molar refractivity (Wildman–Crippen MR) is 103 cm³/mol. The molecule has 1 aromatic heterocycles. The van der Waals surface area contributed by atoms with Gasteiger partial charge in [0, 0.05) is 24.0 Å². The van der Waals surface area contributed by atoms with Crippen LogP contribution < -0.4 is 10.2 Å². The van der Waals surface area contributed by atoms with Crippen molar-refractivity contribution < 1.29 is 0 Å².